The maximum absolute atomic E-state index is 11.4. The SMILES string of the molecule is O=C(O)c1cccc2ccc[n+](Cc3ccccc3)c12. The predicted octanol–water partition coefficient (Wildman–Crippen LogP) is 2.87. The molecule has 1 aromatic heterocycles. The summed E-state index contributed by atoms with van der Waals surface area (Å²) in [7, 11) is 0. The molecule has 0 amide bonds. The number of benzene rings is 2. The summed E-state index contributed by atoms with van der Waals surface area (Å²) in [5.74, 6) is -0.899. The van der Waals surface area contributed by atoms with Gasteiger partial charge in [-0.25, -0.2) is 4.79 Å². The van der Waals surface area contributed by atoms with E-state index in [1.54, 1.807) is 12.1 Å². The number of aromatic carboxylic acids is 1. The average molecular weight is 264 g/mol. The molecule has 0 aliphatic heterocycles. The van der Waals surface area contributed by atoms with Crippen LogP contribution in [0.25, 0.3) is 10.9 Å². The minimum Gasteiger partial charge on any atom is -0.477 e. The van der Waals surface area contributed by atoms with Crippen LogP contribution < -0.4 is 4.57 Å². The lowest BCUT2D eigenvalue weighted by Gasteiger charge is -2.04. The molecule has 0 bridgehead atoms. The van der Waals surface area contributed by atoms with Gasteiger partial charge in [0.05, 0.1) is 0 Å². The Morgan fingerprint density at radius 2 is 1.70 bits per heavy atom. The van der Waals surface area contributed by atoms with Crippen LogP contribution >= 0.6 is 0 Å². The van der Waals surface area contributed by atoms with Crippen LogP contribution in [0.2, 0.25) is 0 Å². The van der Waals surface area contributed by atoms with Gasteiger partial charge in [0.2, 0.25) is 5.52 Å². The third kappa shape index (κ3) is 2.26. The van der Waals surface area contributed by atoms with Crippen LogP contribution in [0.1, 0.15) is 15.9 Å². The fraction of sp³-hybridized carbons (Fsp3) is 0.0588. The highest BCUT2D eigenvalue weighted by atomic mass is 16.4. The first-order valence-electron chi connectivity index (χ1n) is 6.44. The molecule has 3 aromatic rings. The van der Waals surface area contributed by atoms with Crippen LogP contribution in [0.15, 0.2) is 66.9 Å². The number of para-hydroxylation sites is 1. The Morgan fingerprint density at radius 3 is 2.45 bits per heavy atom. The molecule has 20 heavy (non-hydrogen) atoms. The summed E-state index contributed by atoms with van der Waals surface area (Å²) in [6.07, 6.45) is 1.92. The van der Waals surface area contributed by atoms with E-state index in [1.807, 2.05) is 59.3 Å². The van der Waals surface area contributed by atoms with Crippen molar-refractivity contribution in [3.8, 4) is 0 Å². The van der Waals surface area contributed by atoms with Gasteiger partial charge in [0.15, 0.2) is 12.7 Å². The largest absolute Gasteiger partial charge is 0.477 e. The number of pyridine rings is 1. The molecule has 98 valence electrons. The monoisotopic (exact) mass is 264 g/mol. The van der Waals surface area contributed by atoms with E-state index in [0.717, 1.165) is 16.5 Å². The van der Waals surface area contributed by atoms with Gasteiger partial charge in [0.25, 0.3) is 0 Å². The van der Waals surface area contributed by atoms with E-state index < -0.39 is 5.97 Å². The van der Waals surface area contributed by atoms with Crippen molar-refractivity contribution in [3.63, 3.8) is 0 Å². The second kappa shape index (κ2) is 5.13. The zero-order valence-corrected chi connectivity index (χ0v) is 10.9. The normalized spacial score (nSPS) is 10.6. The van der Waals surface area contributed by atoms with Crippen molar-refractivity contribution in [2.75, 3.05) is 0 Å². The number of carboxylic acids is 1. The first-order chi connectivity index (χ1) is 9.75. The van der Waals surface area contributed by atoms with E-state index in [-0.39, 0.29) is 0 Å². The van der Waals surface area contributed by atoms with Crippen molar-refractivity contribution >= 4 is 16.9 Å². The Morgan fingerprint density at radius 1 is 0.950 bits per heavy atom. The quantitative estimate of drug-likeness (QED) is 0.739. The Bertz CT molecular complexity index is 761. The lowest BCUT2D eigenvalue weighted by atomic mass is 10.1. The number of carboxylic acid groups (broad SMARTS) is 1. The Kier molecular flexibility index (Phi) is 3.17. The van der Waals surface area contributed by atoms with Crippen LogP contribution in [0, 0.1) is 0 Å². The van der Waals surface area contributed by atoms with Crippen molar-refractivity contribution in [1.29, 1.82) is 0 Å². The van der Waals surface area contributed by atoms with Gasteiger partial charge in [-0.15, -0.1) is 0 Å². The number of hydrogen-bond donors (Lipinski definition) is 1. The van der Waals surface area contributed by atoms with Crippen molar-refractivity contribution in [2.24, 2.45) is 0 Å². The molecule has 0 aliphatic carbocycles. The molecule has 3 nitrogen and oxygen atoms in total. The molecule has 0 unspecified atom stereocenters. The van der Waals surface area contributed by atoms with Gasteiger partial charge < -0.3 is 5.11 Å². The number of aromatic nitrogens is 1. The van der Waals surface area contributed by atoms with E-state index in [2.05, 4.69) is 0 Å². The summed E-state index contributed by atoms with van der Waals surface area (Å²) < 4.78 is 1.98. The summed E-state index contributed by atoms with van der Waals surface area (Å²) >= 11 is 0. The molecule has 0 aliphatic rings. The predicted molar refractivity (Wildman–Crippen MR) is 76.6 cm³/mol. The minimum absolute atomic E-state index is 0.332. The van der Waals surface area contributed by atoms with Gasteiger partial charge in [-0.2, -0.15) is 4.57 Å². The highest BCUT2D eigenvalue weighted by Crippen LogP contribution is 2.15. The van der Waals surface area contributed by atoms with Gasteiger partial charge in [0, 0.05) is 17.0 Å². The highest BCUT2D eigenvalue weighted by molar-refractivity contribution is 6.00. The molecule has 0 saturated heterocycles. The summed E-state index contributed by atoms with van der Waals surface area (Å²) in [4.78, 5) is 11.4. The molecule has 0 spiro atoms. The summed E-state index contributed by atoms with van der Waals surface area (Å²) in [6.45, 7) is 0.655. The summed E-state index contributed by atoms with van der Waals surface area (Å²) in [6, 6.07) is 19.2. The topological polar surface area (TPSA) is 41.2 Å². The van der Waals surface area contributed by atoms with Crippen molar-refractivity contribution in [1.82, 2.24) is 0 Å². The number of fused-ring (bicyclic) bond motifs is 1. The number of rotatable bonds is 3. The number of carbonyl (C=O) groups is 1. The van der Waals surface area contributed by atoms with E-state index in [1.165, 1.54) is 0 Å². The van der Waals surface area contributed by atoms with Crippen molar-refractivity contribution in [2.45, 2.75) is 6.54 Å². The second-order valence-electron chi connectivity index (χ2n) is 4.67. The third-order valence-electron chi connectivity index (χ3n) is 3.32. The van der Waals surface area contributed by atoms with Crippen LogP contribution in [0.5, 0.6) is 0 Å². The molecule has 2 aromatic carbocycles. The standard InChI is InChI=1S/C17H13NO2/c19-17(20)15-10-4-8-14-9-5-11-18(16(14)15)12-13-6-2-1-3-7-13/h1-11H,12H2/p+1. The van der Waals surface area contributed by atoms with Crippen LogP contribution in [0.3, 0.4) is 0 Å². The number of hydrogen-bond acceptors (Lipinski definition) is 1. The lowest BCUT2D eigenvalue weighted by Crippen LogP contribution is -2.35. The fourth-order valence-corrected chi connectivity index (χ4v) is 2.43. The van der Waals surface area contributed by atoms with Gasteiger partial charge in [0.1, 0.15) is 5.56 Å². The highest BCUT2D eigenvalue weighted by Gasteiger charge is 2.18. The molecule has 3 rings (SSSR count). The Labute approximate surface area is 116 Å². The smallest absolute Gasteiger partial charge is 0.342 e. The zero-order valence-electron chi connectivity index (χ0n) is 10.9. The Hall–Kier alpha value is -2.68. The van der Waals surface area contributed by atoms with Crippen molar-refractivity contribution < 1.29 is 14.5 Å². The molecule has 0 radical (unpaired) electrons. The third-order valence-corrected chi connectivity index (χ3v) is 3.32. The Balaban J connectivity index is 2.18. The maximum Gasteiger partial charge on any atom is 0.342 e. The summed E-state index contributed by atoms with van der Waals surface area (Å²) in [5.41, 5.74) is 2.23. The van der Waals surface area contributed by atoms with E-state index in [9.17, 15) is 9.90 Å². The maximum atomic E-state index is 11.4. The number of nitrogens with zero attached hydrogens (tertiary/aromatic N) is 1. The molecular formula is C17H14NO2+. The molecule has 0 atom stereocenters. The molecule has 0 fully saturated rings. The van der Waals surface area contributed by atoms with Gasteiger partial charge in [-0.05, 0) is 18.2 Å². The van der Waals surface area contributed by atoms with E-state index in [0.29, 0.717) is 12.1 Å². The molecular weight excluding hydrogens is 250 g/mol. The molecule has 0 saturated carbocycles. The minimum atomic E-state index is -0.899. The first-order valence-corrected chi connectivity index (χ1v) is 6.44. The van der Waals surface area contributed by atoms with Gasteiger partial charge in [-0.1, -0.05) is 36.4 Å². The second-order valence-corrected chi connectivity index (χ2v) is 4.67. The van der Waals surface area contributed by atoms with Crippen LogP contribution in [-0.4, -0.2) is 11.1 Å². The van der Waals surface area contributed by atoms with Crippen LogP contribution in [0.4, 0.5) is 0 Å². The summed E-state index contributed by atoms with van der Waals surface area (Å²) in [5, 5.41) is 10.3. The molecule has 1 N–H and O–H groups in total. The average Bonchev–Trinajstić information content (AvgIpc) is 2.48. The molecule has 1 heterocycles. The van der Waals surface area contributed by atoms with Gasteiger partial charge in [-0.3, -0.25) is 0 Å². The van der Waals surface area contributed by atoms with Crippen LogP contribution in [-0.2, 0) is 6.54 Å². The first kappa shape index (κ1) is 12.4. The van der Waals surface area contributed by atoms with Gasteiger partial charge >= 0.3 is 5.97 Å². The molecule has 3 heteroatoms. The fourth-order valence-electron chi connectivity index (χ4n) is 2.43. The van der Waals surface area contributed by atoms with E-state index in [4.69, 9.17) is 0 Å². The van der Waals surface area contributed by atoms with Crippen molar-refractivity contribution in [3.05, 3.63) is 78.0 Å². The van der Waals surface area contributed by atoms with E-state index >= 15 is 0 Å². The zero-order chi connectivity index (χ0) is 13.9. The lowest BCUT2D eigenvalue weighted by molar-refractivity contribution is -0.662.